The highest BCUT2D eigenvalue weighted by Gasteiger charge is 2.15. The summed E-state index contributed by atoms with van der Waals surface area (Å²) in [4.78, 5) is 0. The third-order valence-electron chi connectivity index (χ3n) is 3.16. The highest BCUT2D eigenvalue weighted by atomic mass is 79.9. The number of thiocarbonyl (C=S) groups is 1. The van der Waals surface area contributed by atoms with Gasteiger partial charge in [-0.1, -0.05) is 15.9 Å². The number of benzene rings is 1. The summed E-state index contributed by atoms with van der Waals surface area (Å²) in [7, 11) is 1.66. The zero-order chi connectivity index (χ0) is 15.9. The highest BCUT2D eigenvalue weighted by molar-refractivity contribution is 9.10. The van der Waals surface area contributed by atoms with Gasteiger partial charge >= 0.3 is 0 Å². The van der Waals surface area contributed by atoms with E-state index in [1.807, 2.05) is 25.1 Å². The minimum Gasteiger partial charge on any atom is -0.493 e. The average molecular weight is 386 g/mol. The minimum atomic E-state index is 0.130. The van der Waals surface area contributed by atoms with Gasteiger partial charge < -0.3 is 14.8 Å². The summed E-state index contributed by atoms with van der Waals surface area (Å²) < 4.78 is 11.8. The van der Waals surface area contributed by atoms with Gasteiger partial charge in [0.15, 0.2) is 5.11 Å². The Morgan fingerprint density at radius 3 is 3.14 bits per heavy atom. The number of fused-ring (bicyclic) bond motifs is 1. The number of halogens is 1. The lowest BCUT2D eigenvalue weighted by molar-refractivity contribution is 0.179. The number of hydrogen-bond donors (Lipinski definition) is 2. The second kappa shape index (κ2) is 8.45. The third kappa shape index (κ3) is 4.93. The van der Waals surface area contributed by atoms with Crippen molar-refractivity contribution in [3.63, 3.8) is 0 Å². The van der Waals surface area contributed by atoms with Crippen LogP contribution in [0, 0.1) is 0 Å². The van der Waals surface area contributed by atoms with E-state index >= 15 is 0 Å². The smallest absolute Gasteiger partial charge is 0.187 e. The van der Waals surface area contributed by atoms with Crippen molar-refractivity contribution < 1.29 is 9.47 Å². The van der Waals surface area contributed by atoms with Gasteiger partial charge in [-0.25, -0.2) is 0 Å². The number of nitrogens with zero attached hydrogens (tertiary/aromatic N) is 1. The molecule has 1 aromatic rings. The van der Waals surface area contributed by atoms with Crippen LogP contribution in [0.3, 0.4) is 0 Å². The Hall–Kier alpha value is -1.18. The van der Waals surface area contributed by atoms with E-state index in [0.717, 1.165) is 34.3 Å². The monoisotopic (exact) mass is 385 g/mol. The SMILES string of the molecule is COCC(C)NC(=S)N/N=C1/CCCOc2cc(Br)ccc21. The standard InChI is InChI=1S/C15H20BrN3O2S/c1-10(9-20-2)17-15(22)19-18-13-4-3-7-21-14-8-11(16)5-6-12(13)14/h5-6,8,10H,3-4,7,9H2,1-2H3,(H2,17,19,22)/b18-13-. The normalized spacial score (nSPS) is 17.1. The van der Waals surface area contributed by atoms with Gasteiger partial charge in [0.2, 0.25) is 0 Å². The maximum atomic E-state index is 5.76. The number of rotatable bonds is 4. The molecule has 0 saturated heterocycles. The number of methoxy groups -OCH3 is 1. The van der Waals surface area contributed by atoms with Crippen LogP contribution in [0.4, 0.5) is 0 Å². The zero-order valence-electron chi connectivity index (χ0n) is 12.7. The first kappa shape index (κ1) is 17.2. The molecule has 0 aromatic heterocycles. The van der Waals surface area contributed by atoms with Crippen LogP contribution in [0.2, 0.25) is 0 Å². The fraction of sp³-hybridized carbons (Fsp3) is 0.467. The molecule has 120 valence electrons. The number of hydrazone groups is 1. The van der Waals surface area contributed by atoms with Crippen LogP contribution in [-0.4, -0.2) is 37.2 Å². The maximum absolute atomic E-state index is 5.76. The van der Waals surface area contributed by atoms with Crippen molar-refractivity contribution in [1.82, 2.24) is 10.7 Å². The molecule has 0 aliphatic carbocycles. The molecular formula is C15H20BrN3O2S. The summed E-state index contributed by atoms with van der Waals surface area (Å²) in [6.45, 7) is 3.27. The Bertz CT molecular complexity index is 566. The Kier molecular flexibility index (Phi) is 6.60. The Morgan fingerprint density at radius 1 is 1.55 bits per heavy atom. The van der Waals surface area contributed by atoms with Gasteiger partial charge in [0, 0.05) is 23.2 Å². The van der Waals surface area contributed by atoms with E-state index in [2.05, 4.69) is 31.8 Å². The van der Waals surface area contributed by atoms with E-state index < -0.39 is 0 Å². The van der Waals surface area contributed by atoms with Crippen LogP contribution in [0.15, 0.2) is 27.8 Å². The van der Waals surface area contributed by atoms with Gasteiger partial charge in [0.05, 0.1) is 18.9 Å². The van der Waals surface area contributed by atoms with E-state index in [9.17, 15) is 0 Å². The highest BCUT2D eigenvalue weighted by Crippen LogP contribution is 2.27. The third-order valence-corrected chi connectivity index (χ3v) is 3.86. The van der Waals surface area contributed by atoms with E-state index in [1.165, 1.54) is 0 Å². The fourth-order valence-electron chi connectivity index (χ4n) is 2.19. The lowest BCUT2D eigenvalue weighted by atomic mass is 10.1. The van der Waals surface area contributed by atoms with Crippen LogP contribution >= 0.6 is 28.1 Å². The molecule has 1 aliphatic heterocycles. The number of ether oxygens (including phenoxy) is 2. The molecule has 22 heavy (non-hydrogen) atoms. The Labute approximate surface area is 144 Å². The predicted molar refractivity (Wildman–Crippen MR) is 95.6 cm³/mol. The first-order valence-electron chi connectivity index (χ1n) is 7.15. The first-order valence-corrected chi connectivity index (χ1v) is 8.35. The van der Waals surface area contributed by atoms with Crippen molar-refractivity contribution in [2.75, 3.05) is 20.3 Å². The Balaban J connectivity index is 2.06. The minimum absolute atomic E-state index is 0.130. The molecule has 0 radical (unpaired) electrons. The molecule has 1 atom stereocenters. The number of hydrogen-bond acceptors (Lipinski definition) is 4. The van der Waals surface area contributed by atoms with Crippen LogP contribution in [0.1, 0.15) is 25.3 Å². The summed E-state index contributed by atoms with van der Waals surface area (Å²) in [6, 6.07) is 6.09. The summed E-state index contributed by atoms with van der Waals surface area (Å²) in [5, 5.41) is 8.06. The van der Waals surface area contributed by atoms with E-state index in [0.29, 0.717) is 18.3 Å². The lowest BCUT2D eigenvalue weighted by Gasteiger charge is -2.15. The van der Waals surface area contributed by atoms with Gasteiger partial charge in [-0.15, -0.1) is 0 Å². The molecule has 1 aromatic carbocycles. The zero-order valence-corrected chi connectivity index (χ0v) is 15.1. The van der Waals surface area contributed by atoms with Crippen LogP contribution in [0.5, 0.6) is 5.75 Å². The molecule has 1 unspecified atom stereocenters. The molecule has 0 amide bonds. The van der Waals surface area contributed by atoms with E-state index in [4.69, 9.17) is 21.7 Å². The molecule has 0 bridgehead atoms. The topological polar surface area (TPSA) is 54.9 Å². The fourth-order valence-corrected chi connectivity index (χ4v) is 2.78. The van der Waals surface area contributed by atoms with Crippen molar-refractivity contribution in [1.29, 1.82) is 0 Å². The van der Waals surface area contributed by atoms with Gasteiger partial charge in [-0.05, 0) is 50.2 Å². The molecule has 1 heterocycles. The quantitative estimate of drug-likeness (QED) is 0.616. The summed E-state index contributed by atoms with van der Waals surface area (Å²) >= 11 is 8.70. The van der Waals surface area contributed by atoms with Crippen molar-refractivity contribution >= 4 is 39.0 Å². The van der Waals surface area contributed by atoms with Gasteiger partial charge in [-0.3, -0.25) is 5.43 Å². The van der Waals surface area contributed by atoms with E-state index in [1.54, 1.807) is 7.11 Å². The average Bonchev–Trinajstić information content (AvgIpc) is 2.67. The molecule has 2 N–H and O–H groups in total. The van der Waals surface area contributed by atoms with Gasteiger partial charge in [0.25, 0.3) is 0 Å². The second-order valence-corrected chi connectivity index (χ2v) is 6.42. The largest absolute Gasteiger partial charge is 0.493 e. The molecule has 0 fully saturated rings. The molecular weight excluding hydrogens is 366 g/mol. The summed E-state index contributed by atoms with van der Waals surface area (Å²) in [6.07, 6.45) is 1.77. The maximum Gasteiger partial charge on any atom is 0.187 e. The van der Waals surface area contributed by atoms with Gasteiger partial charge in [0.1, 0.15) is 5.75 Å². The van der Waals surface area contributed by atoms with Crippen molar-refractivity contribution in [2.45, 2.75) is 25.8 Å². The molecule has 7 heteroatoms. The van der Waals surface area contributed by atoms with Gasteiger partial charge in [-0.2, -0.15) is 5.10 Å². The molecule has 5 nitrogen and oxygen atoms in total. The predicted octanol–water partition coefficient (Wildman–Crippen LogP) is 2.82. The summed E-state index contributed by atoms with van der Waals surface area (Å²) in [5.74, 6) is 0.846. The van der Waals surface area contributed by atoms with Crippen LogP contribution in [-0.2, 0) is 4.74 Å². The molecule has 0 spiro atoms. The number of nitrogens with one attached hydrogen (secondary N) is 2. The lowest BCUT2D eigenvalue weighted by Crippen LogP contribution is -2.40. The first-order chi connectivity index (χ1) is 10.6. The Morgan fingerprint density at radius 2 is 2.36 bits per heavy atom. The second-order valence-electron chi connectivity index (χ2n) is 5.09. The van der Waals surface area contributed by atoms with E-state index in [-0.39, 0.29) is 6.04 Å². The van der Waals surface area contributed by atoms with Crippen LogP contribution in [0.25, 0.3) is 0 Å². The summed E-state index contributed by atoms with van der Waals surface area (Å²) in [5.41, 5.74) is 4.86. The van der Waals surface area contributed by atoms with Crippen molar-refractivity contribution in [3.05, 3.63) is 28.2 Å². The van der Waals surface area contributed by atoms with Crippen LogP contribution < -0.4 is 15.5 Å². The molecule has 1 aliphatic rings. The molecule has 0 saturated carbocycles. The van der Waals surface area contributed by atoms with Crippen molar-refractivity contribution in [3.8, 4) is 5.75 Å². The van der Waals surface area contributed by atoms with Crippen molar-refractivity contribution in [2.24, 2.45) is 5.10 Å². The molecule has 2 rings (SSSR count).